The molecule has 8 nitrogen and oxygen atoms in total. The number of hydrogen-bond donors (Lipinski definition) is 0. The SMILES string of the molecule is C[C@H](OC(=O)c1ccc2c(=O)n3c(nc2c1)CCC3)c1cccc([N+](=O)[O-])c1. The van der Waals surface area contributed by atoms with E-state index in [0.717, 1.165) is 18.7 Å². The molecule has 2 aromatic carbocycles. The smallest absolute Gasteiger partial charge is 0.338 e. The van der Waals surface area contributed by atoms with Gasteiger partial charge in [-0.15, -0.1) is 0 Å². The van der Waals surface area contributed by atoms with Crippen molar-refractivity contribution in [3.05, 3.63) is 79.9 Å². The van der Waals surface area contributed by atoms with Crippen molar-refractivity contribution in [3.63, 3.8) is 0 Å². The number of ether oxygens (including phenoxy) is 1. The van der Waals surface area contributed by atoms with Gasteiger partial charge in [0, 0.05) is 25.1 Å². The highest BCUT2D eigenvalue weighted by Gasteiger charge is 2.19. The molecule has 142 valence electrons. The highest BCUT2D eigenvalue weighted by molar-refractivity contribution is 5.94. The number of carbonyl (C=O) groups is 1. The summed E-state index contributed by atoms with van der Waals surface area (Å²) in [6.45, 7) is 2.32. The minimum Gasteiger partial charge on any atom is -0.454 e. The molecule has 4 rings (SSSR count). The lowest BCUT2D eigenvalue weighted by molar-refractivity contribution is -0.385. The number of esters is 1. The van der Waals surface area contributed by atoms with Crippen LogP contribution in [0.25, 0.3) is 10.9 Å². The summed E-state index contributed by atoms with van der Waals surface area (Å²) < 4.78 is 7.13. The molecule has 0 saturated carbocycles. The number of hydrogen-bond acceptors (Lipinski definition) is 6. The number of carbonyl (C=O) groups excluding carboxylic acids is 1. The predicted octanol–water partition coefficient (Wildman–Crippen LogP) is 3.17. The van der Waals surface area contributed by atoms with E-state index in [9.17, 15) is 19.7 Å². The van der Waals surface area contributed by atoms with E-state index in [1.54, 1.807) is 35.8 Å². The molecular weight excluding hydrogens is 362 g/mol. The van der Waals surface area contributed by atoms with Crippen molar-refractivity contribution in [1.82, 2.24) is 9.55 Å². The maximum absolute atomic E-state index is 12.5. The number of aromatic nitrogens is 2. The molecule has 0 spiro atoms. The molecule has 0 fully saturated rings. The van der Waals surface area contributed by atoms with Crippen LogP contribution in [-0.2, 0) is 17.7 Å². The molecule has 3 aromatic rings. The molecule has 0 unspecified atom stereocenters. The van der Waals surface area contributed by atoms with Gasteiger partial charge >= 0.3 is 5.97 Å². The summed E-state index contributed by atoms with van der Waals surface area (Å²) in [5.41, 5.74) is 1.11. The van der Waals surface area contributed by atoms with E-state index >= 15 is 0 Å². The van der Waals surface area contributed by atoms with E-state index < -0.39 is 17.0 Å². The van der Waals surface area contributed by atoms with Crippen molar-refractivity contribution in [2.75, 3.05) is 0 Å². The first kappa shape index (κ1) is 17.8. The number of nitro benzene ring substituents is 1. The van der Waals surface area contributed by atoms with Gasteiger partial charge in [-0.1, -0.05) is 12.1 Å². The summed E-state index contributed by atoms with van der Waals surface area (Å²) in [5, 5.41) is 11.4. The number of benzene rings is 2. The first-order valence-corrected chi connectivity index (χ1v) is 8.93. The number of non-ortho nitro benzene ring substituents is 1. The monoisotopic (exact) mass is 379 g/mol. The Morgan fingerprint density at radius 3 is 2.89 bits per heavy atom. The van der Waals surface area contributed by atoms with Gasteiger partial charge in [0.25, 0.3) is 11.2 Å². The van der Waals surface area contributed by atoms with E-state index in [-0.39, 0.29) is 16.8 Å². The molecule has 8 heteroatoms. The Hall–Kier alpha value is -3.55. The molecule has 1 atom stereocenters. The quantitative estimate of drug-likeness (QED) is 0.392. The Labute approximate surface area is 159 Å². The van der Waals surface area contributed by atoms with Crippen LogP contribution >= 0.6 is 0 Å². The van der Waals surface area contributed by atoms with Crippen LogP contribution in [0.1, 0.15) is 41.2 Å². The summed E-state index contributed by atoms with van der Waals surface area (Å²) >= 11 is 0. The van der Waals surface area contributed by atoms with E-state index in [4.69, 9.17) is 4.74 Å². The number of nitrogens with zero attached hydrogens (tertiary/aromatic N) is 3. The molecule has 0 amide bonds. The van der Waals surface area contributed by atoms with E-state index in [1.165, 1.54) is 18.2 Å². The average Bonchev–Trinajstić information content (AvgIpc) is 3.16. The molecule has 0 radical (unpaired) electrons. The Morgan fingerprint density at radius 1 is 1.29 bits per heavy atom. The van der Waals surface area contributed by atoms with Crippen LogP contribution in [0.3, 0.4) is 0 Å². The van der Waals surface area contributed by atoms with Gasteiger partial charge in [-0.05, 0) is 37.1 Å². The van der Waals surface area contributed by atoms with E-state index in [0.29, 0.717) is 23.0 Å². The van der Waals surface area contributed by atoms with Crippen molar-refractivity contribution in [2.45, 2.75) is 32.4 Å². The Morgan fingerprint density at radius 2 is 2.11 bits per heavy atom. The number of fused-ring (bicyclic) bond motifs is 2. The standard InChI is InChI=1S/C20H17N3O5/c1-12(13-4-2-5-15(10-13)23(26)27)28-20(25)14-7-8-16-17(11-14)21-18-6-3-9-22(18)19(16)24/h2,4-5,7-8,10-12H,3,6,9H2,1H3/t12-/m0/s1. The van der Waals surface area contributed by atoms with Gasteiger partial charge in [-0.25, -0.2) is 9.78 Å². The second-order valence-electron chi connectivity index (χ2n) is 6.72. The van der Waals surface area contributed by atoms with E-state index in [2.05, 4.69) is 4.98 Å². The third kappa shape index (κ3) is 3.13. The molecule has 0 N–H and O–H groups in total. The molecule has 0 bridgehead atoms. The van der Waals surface area contributed by atoms with Crippen molar-refractivity contribution < 1.29 is 14.5 Å². The van der Waals surface area contributed by atoms with Gasteiger partial charge in [0.05, 0.1) is 21.4 Å². The summed E-state index contributed by atoms with van der Waals surface area (Å²) in [4.78, 5) is 40.0. The van der Waals surface area contributed by atoms with E-state index in [1.807, 2.05) is 0 Å². The third-order valence-corrected chi connectivity index (χ3v) is 4.89. The molecule has 28 heavy (non-hydrogen) atoms. The molecular formula is C20H17N3O5. The lowest BCUT2D eigenvalue weighted by Crippen LogP contribution is -2.21. The Bertz CT molecular complexity index is 1170. The van der Waals surface area contributed by atoms with Crippen LogP contribution < -0.4 is 5.56 Å². The second kappa shape index (κ2) is 6.88. The molecule has 1 aromatic heterocycles. The summed E-state index contributed by atoms with van der Waals surface area (Å²) in [6, 6.07) is 10.6. The maximum atomic E-state index is 12.5. The predicted molar refractivity (Wildman–Crippen MR) is 101 cm³/mol. The summed E-state index contributed by atoms with van der Waals surface area (Å²) in [5.74, 6) is 0.149. The maximum Gasteiger partial charge on any atom is 0.338 e. The zero-order valence-electron chi connectivity index (χ0n) is 15.1. The molecule has 1 aliphatic rings. The van der Waals surface area contributed by atoms with Gasteiger partial charge in [0.1, 0.15) is 11.9 Å². The number of aryl methyl sites for hydroxylation is 1. The highest BCUT2D eigenvalue weighted by Crippen LogP contribution is 2.23. The number of rotatable bonds is 4. The fourth-order valence-electron chi connectivity index (χ4n) is 3.40. The molecule has 0 aliphatic carbocycles. The zero-order chi connectivity index (χ0) is 19.8. The van der Waals surface area contributed by atoms with Gasteiger partial charge in [-0.2, -0.15) is 0 Å². The van der Waals surface area contributed by atoms with Crippen LogP contribution in [0.15, 0.2) is 47.3 Å². The van der Waals surface area contributed by atoms with Crippen LogP contribution in [-0.4, -0.2) is 20.4 Å². The lowest BCUT2D eigenvalue weighted by atomic mass is 10.1. The van der Waals surface area contributed by atoms with Crippen LogP contribution in [0.4, 0.5) is 5.69 Å². The Balaban J connectivity index is 1.60. The second-order valence-corrected chi connectivity index (χ2v) is 6.72. The van der Waals surface area contributed by atoms with Crippen molar-refractivity contribution >= 4 is 22.6 Å². The minimum absolute atomic E-state index is 0.0652. The summed E-state index contributed by atoms with van der Waals surface area (Å²) in [7, 11) is 0. The first-order chi connectivity index (χ1) is 13.4. The fraction of sp³-hybridized carbons (Fsp3) is 0.250. The zero-order valence-corrected chi connectivity index (χ0v) is 15.1. The normalized spacial score (nSPS) is 13.9. The number of nitro groups is 1. The first-order valence-electron chi connectivity index (χ1n) is 8.93. The van der Waals surface area contributed by atoms with Crippen LogP contribution in [0.5, 0.6) is 0 Å². The Kier molecular flexibility index (Phi) is 4.38. The van der Waals surface area contributed by atoms with Crippen molar-refractivity contribution in [3.8, 4) is 0 Å². The highest BCUT2D eigenvalue weighted by atomic mass is 16.6. The van der Waals surface area contributed by atoms with Crippen molar-refractivity contribution in [1.29, 1.82) is 0 Å². The topological polar surface area (TPSA) is 104 Å². The average molecular weight is 379 g/mol. The minimum atomic E-state index is -0.665. The summed E-state index contributed by atoms with van der Waals surface area (Å²) in [6.07, 6.45) is 0.958. The van der Waals surface area contributed by atoms with Gasteiger partial charge in [0.15, 0.2) is 0 Å². The lowest BCUT2D eigenvalue weighted by Gasteiger charge is -2.14. The van der Waals surface area contributed by atoms with Gasteiger partial charge in [0.2, 0.25) is 0 Å². The molecule has 0 saturated heterocycles. The molecule has 1 aliphatic heterocycles. The van der Waals surface area contributed by atoms with Crippen LogP contribution in [0.2, 0.25) is 0 Å². The van der Waals surface area contributed by atoms with Gasteiger partial charge < -0.3 is 4.74 Å². The van der Waals surface area contributed by atoms with Gasteiger partial charge in [-0.3, -0.25) is 19.5 Å². The van der Waals surface area contributed by atoms with Crippen molar-refractivity contribution in [2.24, 2.45) is 0 Å². The fourth-order valence-corrected chi connectivity index (χ4v) is 3.40. The molecule has 2 heterocycles. The van der Waals surface area contributed by atoms with Crippen LogP contribution in [0, 0.1) is 10.1 Å². The largest absolute Gasteiger partial charge is 0.454 e. The third-order valence-electron chi connectivity index (χ3n) is 4.89.